The minimum absolute atomic E-state index is 0.0648. The Bertz CT molecular complexity index is 1130. The monoisotopic (exact) mass is 432 g/mol. The van der Waals surface area contributed by atoms with Gasteiger partial charge >= 0.3 is 0 Å². The van der Waals surface area contributed by atoms with E-state index in [-0.39, 0.29) is 5.91 Å². The fourth-order valence-corrected chi connectivity index (χ4v) is 4.32. The number of thiazole rings is 1. The number of pyridine rings is 1. The first-order valence-electron chi connectivity index (χ1n) is 10.2. The maximum absolute atomic E-state index is 12.5. The van der Waals surface area contributed by atoms with E-state index in [1.807, 2.05) is 5.38 Å². The Balaban J connectivity index is 1.31. The van der Waals surface area contributed by atoms with Gasteiger partial charge in [-0.15, -0.1) is 11.3 Å². The van der Waals surface area contributed by atoms with Crippen LogP contribution in [0.5, 0.6) is 0 Å². The topological polar surface area (TPSA) is 85.2 Å². The lowest BCUT2D eigenvalue weighted by Gasteiger charge is -2.35. The van der Waals surface area contributed by atoms with Crippen molar-refractivity contribution in [3.8, 4) is 17.3 Å². The maximum Gasteiger partial charge on any atom is 0.240 e. The molecule has 0 aliphatic carbocycles. The lowest BCUT2D eigenvalue weighted by atomic mass is 10.1. The molecule has 1 fully saturated rings. The molecular formula is C23H24N6OS. The van der Waals surface area contributed by atoms with Gasteiger partial charge in [0, 0.05) is 43.3 Å². The number of carbonyl (C=O) groups is 1. The van der Waals surface area contributed by atoms with Crippen LogP contribution in [0.3, 0.4) is 0 Å². The second-order valence-electron chi connectivity index (χ2n) is 7.63. The zero-order valence-electron chi connectivity index (χ0n) is 17.6. The molecule has 0 radical (unpaired) electrons. The number of hydrogen-bond donors (Lipinski definition) is 1. The number of anilines is 2. The summed E-state index contributed by atoms with van der Waals surface area (Å²) in [6.45, 7) is 7.42. The van der Waals surface area contributed by atoms with E-state index in [0.29, 0.717) is 17.2 Å². The third-order valence-electron chi connectivity index (χ3n) is 5.50. The highest BCUT2D eigenvalue weighted by atomic mass is 32.1. The highest BCUT2D eigenvalue weighted by Gasteiger charge is 2.22. The van der Waals surface area contributed by atoms with Crippen molar-refractivity contribution < 1.29 is 4.79 Å². The van der Waals surface area contributed by atoms with Crippen LogP contribution in [0.15, 0.2) is 41.9 Å². The molecule has 2 aromatic heterocycles. The minimum Gasteiger partial charge on any atom is -0.353 e. The number of piperazine rings is 1. The molecule has 0 bridgehead atoms. The van der Waals surface area contributed by atoms with Crippen LogP contribution in [0.2, 0.25) is 0 Å². The summed E-state index contributed by atoms with van der Waals surface area (Å²) in [6, 6.07) is 12.0. The van der Waals surface area contributed by atoms with Crippen molar-refractivity contribution in [2.75, 3.05) is 42.9 Å². The standard InChI is InChI=1S/C23H24N6OS/c1-16-5-6-18(12-17(16)2)20-15-31-23(26-20)27-21(30)14-28-8-10-29(11-9-28)22-19(13-24)4-3-7-25-22/h3-7,12,15H,8-11,14H2,1-2H3,(H,26,27,30). The first kappa shape index (κ1) is 21.0. The number of nitrogens with one attached hydrogen (secondary N) is 1. The van der Waals surface area contributed by atoms with Gasteiger partial charge in [0.25, 0.3) is 0 Å². The number of amides is 1. The fourth-order valence-electron chi connectivity index (χ4n) is 3.58. The summed E-state index contributed by atoms with van der Waals surface area (Å²) in [6.07, 6.45) is 1.70. The zero-order valence-corrected chi connectivity index (χ0v) is 18.4. The predicted octanol–water partition coefficient (Wildman–Crippen LogP) is 3.45. The Morgan fingerprint density at radius 1 is 1.19 bits per heavy atom. The Morgan fingerprint density at radius 3 is 2.74 bits per heavy atom. The van der Waals surface area contributed by atoms with Gasteiger partial charge in [-0.1, -0.05) is 12.1 Å². The Kier molecular flexibility index (Phi) is 6.26. The summed E-state index contributed by atoms with van der Waals surface area (Å²) in [5, 5.41) is 14.8. The molecule has 4 rings (SSSR count). The molecule has 8 heteroatoms. The van der Waals surface area contributed by atoms with Crippen LogP contribution in [-0.2, 0) is 4.79 Å². The molecule has 1 amide bonds. The number of hydrogen-bond acceptors (Lipinski definition) is 7. The van der Waals surface area contributed by atoms with Crippen LogP contribution < -0.4 is 10.2 Å². The number of rotatable bonds is 5. The van der Waals surface area contributed by atoms with Gasteiger partial charge in [0.15, 0.2) is 5.13 Å². The van der Waals surface area contributed by atoms with E-state index in [1.165, 1.54) is 22.5 Å². The van der Waals surface area contributed by atoms with Crippen LogP contribution in [0.1, 0.15) is 16.7 Å². The average Bonchev–Trinajstić information content (AvgIpc) is 3.24. The summed E-state index contributed by atoms with van der Waals surface area (Å²) in [5.41, 5.74) is 4.99. The van der Waals surface area contributed by atoms with E-state index in [1.54, 1.807) is 18.3 Å². The van der Waals surface area contributed by atoms with Gasteiger partial charge in [0.1, 0.15) is 11.9 Å². The molecule has 31 heavy (non-hydrogen) atoms. The smallest absolute Gasteiger partial charge is 0.240 e. The van der Waals surface area contributed by atoms with Gasteiger partial charge in [-0.2, -0.15) is 5.26 Å². The van der Waals surface area contributed by atoms with Crippen LogP contribution in [0.4, 0.5) is 10.9 Å². The molecule has 0 unspecified atom stereocenters. The molecule has 0 saturated carbocycles. The molecule has 3 aromatic rings. The van der Waals surface area contributed by atoms with Crippen LogP contribution >= 0.6 is 11.3 Å². The summed E-state index contributed by atoms with van der Waals surface area (Å²) in [4.78, 5) is 25.7. The zero-order chi connectivity index (χ0) is 21.8. The number of aryl methyl sites for hydroxylation is 2. The Morgan fingerprint density at radius 2 is 2.00 bits per heavy atom. The highest BCUT2D eigenvalue weighted by Crippen LogP contribution is 2.26. The molecule has 1 aliphatic heterocycles. The Labute approximate surface area is 186 Å². The van der Waals surface area contributed by atoms with Gasteiger partial charge in [0.05, 0.1) is 17.8 Å². The van der Waals surface area contributed by atoms with Gasteiger partial charge < -0.3 is 10.2 Å². The lowest BCUT2D eigenvalue weighted by molar-refractivity contribution is -0.117. The van der Waals surface area contributed by atoms with E-state index in [0.717, 1.165) is 43.3 Å². The molecular weight excluding hydrogens is 408 g/mol. The molecule has 0 spiro atoms. The molecule has 1 N–H and O–H groups in total. The molecule has 7 nitrogen and oxygen atoms in total. The van der Waals surface area contributed by atoms with E-state index in [9.17, 15) is 10.1 Å². The minimum atomic E-state index is -0.0648. The first-order valence-corrected chi connectivity index (χ1v) is 11.1. The second-order valence-corrected chi connectivity index (χ2v) is 8.49. The molecule has 1 aromatic carbocycles. The lowest BCUT2D eigenvalue weighted by Crippen LogP contribution is -2.49. The van der Waals surface area contributed by atoms with E-state index >= 15 is 0 Å². The molecule has 1 saturated heterocycles. The van der Waals surface area contributed by atoms with Crippen molar-refractivity contribution >= 4 is 28.2 Å². The molecule has 3 heterocycles. The van der Waals surface area contributed by atoms with Gasteiger partial charge in [0.2, 0.25) is 5.91 Å². The van der Waals surface area contributed by atoms with Crippen molar-refractivity contribution in [2.24, 2.45) is 0 Å². The quantitative estimate of drug-likeness (QED) is 0.665. The average molecular weight is 433 g/mol. The second kappa shape index (κ2) is 9.25. The van der Waals surface area contributed by atoms with Gasteiger partial charge in [-0.25, -0.2) is 9.97 Å². The number of carbonyl (C=O) groups excluding carboxylic acids is 1. The van der Waals surface area contributed by atoms with Crippen molar-refractivity contribution in [2.45, 2.75) is 13.8 Å². The maximum atomic E-state index is 12.5. The third kappa shape index (κ3) is 4.90. The van der Waals surface area contributed by atoms with Crippen LogP contribution in [-0.4, -0.2) is 53.5 Å². The predicted molar refractivity (Wildman–Crippen MR) is 123 cm³/mol. The first-order chi connectivity index (χ1) is 15.0. The fraction of sp³-hybridized carbons (Fsp3) is 0.304. The van der Waals surface area contributed by atoms with Crippen molar-refractivity contribution in [3.05, 3.63) is 58.6 Å². The normalized spacial score (nSPS) is 14.3. The summed E-state index contributed by atoms with van der Waals surface area (Å²) in [5.74, 6) is 0.653. The number of benzene rings is 1. The van der Waals surface area contributed by atoms with Crippen molar-refractivity contribution in [3.63, 3.8) is 0 Å². The van der Waals surface area contributed by atoms with E-state index in [4.69, 9.17) is 0 Å². The van der Waals surface area contributed by atoms with Gasteiger partial charge in [-0.3, -0.25) is 9.69 Å². The third-order valence-corrected chi connectivity index (χ3v) is 6.26. The van der Waals surface area contributed by atoms with E-state index < -0.39 is 0 Å². The number of nitrogens with zero attached hydrogens (tertiary/aromatic N) is 5. The Hall–Kier alpha value is -3.28. The number of aromatic nitrogens is 2. The SMILES string of the molecule is Cc1ccc(-c2csc(NC(=O)CN3CCN(c4ncccc4C#N)CC3)n2)cc1C. The molecule has 0 atom stereocenters. The van der Waals surface area contributed by atoms with Crippen LogP contribution in [0.25, 0.3) is 11.3 Å². The largest absolute Gasteiger partial charge is 0.353 e. The van der Waals surface area contributed by atoms with E-state index in [2.05, 4.69) is 63.2 Å². The summed E-state index contributed by atoms with van der Waals surface area (Å²) < 4.78 is 0. The number of nitriles is 1. The van der Waals surface area contributed by atoms with Crippen molar-refractivity contribution in [1.82, 2.24) is 14.9 Å². The summed E-state index contributed by atoms with van der Waals surface area (Å²) >= 11 is 1.44. The molecule has 1 aliphatic rings. The summed E-state index contributed by atoms with van der Waals surface area (Å²) in [7, 11) is 0. The van der Waals surface area contributed by atoms with Crippen molar-refractivity contribution in [1.29, 1.82) is 5.26 Å². The molecule has 158 valence electrons. The highest BCUT2D eigenvalue weighted by molar-refractivity contribution is 7.14. The van der Waals surface area contributed by atoms with Crippen LogP contribution in [0, 0.1) is 25.2 Å². The van der Waals surface area contributed by atoms with Gasteiger partial charge in [-0.05, 0) is 43.2 Å².